The summed E-state index contributed by atoms with van der Waals surface area (Å²) in [6.07, 6.45) is 1.04. The van der Waals surface area contributed by atoms with Gasteiger partial charge in [-0.2, -0.15) is 5.26 Å². The third-order valence-corrected chi connectivity index (χ3v) is 4.26. The van der Waals surface area contributed by atoms with Gasteiger partial charge in [0.15, 0.2) is 0 Å². The smallest absolute Gasteiger partial charge is 0.240 e. The second-order valence-electron chi connectivity index (χ2n) is 6.00. The number of anilines is 2. The van der Waals surface area contributed by atoms with Crippen molar-refractivity contribution >= 4 is 23.2 Å². The molecule has 1 fully saturated rings. The Hall–Kier alpha value is -3.13. The number of amides is 2. The van der Waals surface area contributed by atoms with E-state index in [-0.39, 0.29) is 11.8 Å². The zero-order valence-corrected chi connectivity index (χ0v) is 13.3. The van der Waals surface area contributed by atoms with Gasteiger partial charge < -0.3 is 10.6 Å². The summed E-state index contributed by atoms with van der Waals surface area (Å²) in [6.45, 7) is 1.91. The van der Waals surface area contributed by atoms with Crippen LogP contribution in [0.25, 0.3) is 0 Å². The lowest BCUT2D eigenvalue weighted by Crippen LogP contribution is -2.35. The molecule has 0 heterocycles. The molecule has 0 spiro atoms. The third-order valence-electron chi connectivity index (χ3n) is 4.26. The molecule has 0 saturated heterocycles. The first-order valence-corrected chi connectivity index (χ1v) is 7.74. The maximum atomic E-state index is 12.6. The Morgan fingerprint density at radius 2 is 1.75 bits per heavy atom. The number of nitrogens with one attached hydrogen (secondary N) is 2. The van der Waals surface area contributed by atoms with E-state index < -0.39 is 5.41 Å². The predicted molar refractivity (Wildman–Crippen MR) is 91.3 cm³/mol. The van der Waals surface area contributed by atoms with Crippen molar-refractivity contribution in [2.45, 2.75) is 19.8 Å². The van der Waals surface area contributed by atoms with Gasteiger partial charge in [-0.3, -0.25) is 9.59 Å². The molecule has 0 radical (unpaired) electrons. The molecule has 2 aromatic rings. The minimum Gasteiger partial charge on any atom is -0.325 e. The van der Waals surface area contributed by atoms with E-state index in [1.165, 1.54) is 0 Å². The molecule has 2 amide bonds. The van der Waals surface area contributed by atoms with Crippen LogP contribution in [0.2, 0.25) is 0 Å². The topological polar surface area (TPSA) is 82.0 Å². The number of nitriles is 1. The number of para-hydroxylation sites is 1. The number of benzene rings is 2. The van der Waals surface area contributed by atoms with Gasteiger partial charge >= 0.3 is 0 Å². The lowest BCUT2D eigenvalue weighted by Gasteiger charge is -2.16. The highest BCUT2D eigenvalue weighted by Crippen LogP contribution is 2.47. The fourth-order valence-corrected chi connectivity index (χ4v) is 2.55. The average molecular weight is 319 g/mol. The van der Waals surface area contributed by atoms with Crippen LogP contribution in [0.3, 0.4) is 0 Å². The van der Waals surface area contributed by atoms with E-state index in [0.29, 0.717) is 29.8 Å². The van der Waals surface area contributed by atoms with Crippen LogP contribution in [0.1, 0.15) is 24.0 Å². The Labute approximate surface area is 140 Å². The third kappa shape index (κ3) is 2.99. The first-order chi connectivity index (χ1) is 11.5. The maximum Gasteiger partial charge on any atom is 0.240 e. The summed E-state index contributed by atoms with van der Waals surface area (Å²) >= 11 is 0. The molecule has 1 aliphatic carbocycles. The molecular weight excluding hydrogens is 302 g/mol. The Morgan fingerprint density at radius 1 is 1.04 bits per heavy atom. The van der Waals surface area contributed by atoms with Crippen molar-refractivity contribution in [1.82, 2.24) is 0 Å². The van der Waals surface area contributed by atoms with Gasteiger partial charge in [-0.25, -0.2) is 0 Å². The van der Waals surface area contributed by atoms with E-state index >= 15 is 0 Å². The van der Waals surface area contributed by atoms with Crippen molar-refractivity contribution in [3.8, 4) is 6.07 Å². The molecule has 2 aromatic carbocycles. The van der Waals surface area contributed by atoms with Crippen LogP contribution in [0, 0.1) is 23.7 Å². The zero-order valence-electron chi connectivity index (χ0n) is 13.3. The molecule has 2 N–H and O–H groups in total. The lowest BCUT2D eigenvalue weighted by molar-refractivity contribution is -0.131. The molecule has 0 aliphatic heterocycles. The highest BCUT2D eigenvalue weighted by atomic mass is 16.2. The van der Waals surface area contributed by atoms with E-state index in [9.17, 15) is 9.59 Å². The molecule has 0 bridgehead atoms. The maximum absolute atomic E-state index is 12.6. The van der Waals surface area contributed by atoms with Crippen LogP contribution in [-0.2, 0) is 9.59 Å². The van der Waals surface area contributed by atoms with Crippen LogP contribution in [0.4, 0.5) is 11.4 Å². The summed E-state index contributed by atoms with van der Waals surface area (Å²) in [4.78, 5) is 25.1. The van der Waals surface area contributed by atoms with Gasteiger partial charge in [-0.15, -0.1) is 0 Å². The van der Waals surface area contributed by atoms with E-state index in [2.05, 4.69) is 10.6 Å². The molecule has 0 aromatic heterocycles. The summed E-state index contributed by atoms with van der Waals surface area (Å²) in [6, 6.07) is 16.1. The number of carbonyl (C=O) groups is 2. The Balaban J connectivity index is 1.73. The Bertz CT molecular complexity index is 848. The summed E-state index contributed by atoms with van der Waals surface area (Å²) in [5, 5.41) is 14.5. The van der Waals surface area contributed by atoms with Gasteiger partial charge in [0.1, 0.15) is 5.41 Å². The highest BCUT2D eigenvalue weighted by Gasteiger charge is 2.56. The van der Waals surface area contributed by atoms with Crippen molar-refractivity contribution in [3.63, 3.8) is 0 Å². The highest BCUT2D eigenvalue weighted by molar-refractivity contribution is 6.17. The van der Waals surface area contributed by atoms with Crippen LogP contribution >= 0.6 is 0 Å². The van der Waals surface area contributed by atoms with E-state index in [0.717, 1.165) is 5.56 Å². The number of hydrogen-bond acceptors (Lipinski definition) is 3. The quantitative estimate of drug-likeness (QED) is 0.849. The molecule has 24 heavy (non-hydrogen) atoms. The van der Waals surface area contributed by atoms with Crippen molar-refractivity contribution in [1.29, 1.82) is 5.26 Å². The fraction of sp³-hybridized carbons (Fsp3) is 0.211. The molecule has 1 saturated carbocycles. The summed E-state index contributed by atoms with van der Waals surface area (Å²) in [5.41, 5.74) is 1.62. The first kappa shape index (κ1) is 15.8. The molecule has 5 nitrogen and oxygen atoms in total. The SMILES string of the molecule is Cc1ccccc1NC(=O)C1(C(=O)Nc2cccc(C#N)c2)CC1. The van der Waals surface area contributed by atoms with Gasteiger partial charge in [0.25, 0.3) is 0 Å². The second kappa shape index (κ2) is 6.17. The van der Waals surface area contributed by atoms with Crippen molar-refractivity contribution in [3.05, 3.63) is 59.7 Å². The van der Waals surface area contributed by atoms with Crippen LogP contribution in [0.15, 0.2) is 48.5 Å². The second-order valence-corrected chi connectivity index (χ2v) is 6.00. The number of nitrogens with zero attached hydrogens (tertiary/aromatic N) is 1. The summed E-state index contributed by atoms with van der Waals surface area (Å²) in [7, 11) is 0. The zero-order chi connectivity index (χ0) is 17.2. The van der Waals surface area contributed by atoms with Crippen LogP contribution < -0.4 is 10.6 Å². The minimum absolute atomic E-state index is 0.286. The standard InChI is InChI=1S/C19H17N3O2/c1-13-5-2-3-8-16(13)22-18(24)19(9-10-19)17(23)21-15-7-4-6-14(11-15)12-20/h2-8,11H,9-10H2,1H3,(H,21,23)(H,22,24). The molecule has 5 heteroatoms. The first-order valence-electron chi connectivity index (χ1n) is 7.74. The number of rotatable bonds is 4. The van der Waals surface area contributed by atoms with Crippen molar-refractivity contribution < 1.29 is 9.59 Å². The predicted octanol–water partition coefficient (Wildman–Crippen LogP) is 3.22. The average Bonchev–Trinajstić information content (AvgIpc) is 3.39. The van der Waals surface area contributed by atoms with Gasteiger partial charge in [0.2, 0.25) is 11.8 Å². The minimum atomic E-state index is -1.02. The number of carbonyl (C=O) groups excluding carboxylic acids is 2. The Kier molecular flexibility index (Phi) is 4.05. The molecule has 3 rings (SSSR count). The largest absolute Gasteiger partial charge is 0.325 e. The van der Waals surface area contributed by atoms with Gasteiger partial charge in [0.05, 0.1) is 11.6 Å². The van der Waals surface area contributed by atoms with E-state index in [1.807, 2.05) is 37.3 Å². The van der Waals surface area contributed by atoms with E-state index in [4.69, 9.17) is 5.26 Å². The van der Waals surface area contributed by atoms with Gasteiger partial charge in [-0.1, -0.05) is 24.3 Å². The summed E-state index contributed by atoms with van der Waals surface area (Å²) in [5.74, 6) is -0.616. The molecular formula is C19H17N3O2. The Morgan fingerprint density at radius 3 is 2.42 bits per heavy atom. The lowest BCUT2D eigenvalue weighted by atomic mass is 10.0. The van der Waals surface area contributed by atoms with Gasteiger partial charge in [-0.05, 0) is 49.6 Å². The summed E-state index contributed by atoms with van der Waals surface area (Å²) < 4.78 is 0. The van der Waals surface area contributed by atoms with Crippen molar-refractivity contribution in [2.75, 3.05) is 10.6 Å². The van der Waals surface area contributed by atoms with Crippen molar-refractivity contribution in [2.24, 2.45) is 5.41 Å². The monoisotopic (exact) mass is 319 g/mol. The molecule has 1 aliphatic rings. The fourth-order valence-electron chi connectivity index (χ4n) is 2.55. The normalized spacial score (nSPS) is 14.3. The molecule has 0 atom stereocenters. The number of hydrogen-bond donors (Lipinski definition) is 2. The van der Waals surface area contributed by atoms with Crippen LogP contribution in [-0.4, -0.2) is 11.8 Å². The molecule has 0 unspecified atom stereocenters. The van der Waals surface area contributed by atoms with Gasteiger partial charge in [0, 0.05) is 11.4 Å². The van der Waals surface area contributed by atoms with E-state index in [1.54, 1.807) is 24.3 Å². The molecule has 120 valence electrons. The van der Waals surface area contributed by atoms with Crippen LogP contribution in [0.5, 0.6) is 0 Å². The number of aryl methyl sites for hydroxylation is 1.